The molecule has 0 bridgehead atoms. The lowest BCUT2D eigenvalue weighted by molar-refractivity contribution is -0.222. The fourth-order valence-electron chi connectivity index (χ4n) is 3.86. The van der Waals surface area contributed by atoms with Crippen LogP contribution in [0.3, 0.4) is 0 Å². The molecule has 1 saturated heterocycles. The molecule has 3 atom stereocenters. The molecule has 0 radical (unpaired) electrons. The van der Waals surface area contributed by atoms with Crippen LogP contribution in [0.1, 0.15) is 26.7 Å². The molecule has 1 aliphatic carbocycles. The van der Waals surface area contributed by atoms with Gasteiger partial charge < -0.3 is 15.8 Å². The Morgan fingerprint density at radius 1 is 1.48 bits per heavy atom. The third-order valence-corrected chi connectivity index (χ3v) is 5.73. The Balaban J connectivity index is 0.00000192. The first kappa shape index (κ1) is 18.6. The number of carbonyl (C=O) groups excluding carboxylic acids is 1. The topological polar surface area (TPSA) is 64.3 Å². The first-order chi connectivity index (χ1) is 10.3. The second-order valence-corrected chi connectivity index (χ2v) is 7.62. The van der Waals surface area contributed by atoms with Crippen molar-refractivity contribution < 1.29 is 13.9 Å². The number of anilines is 1. The summed E-state index contributed by atoms with van der Waals surface area (Å²) in [5.41, 5.74) is 5.10. The van der Waals surface area contributed by atoms with Crippen molar-refractivity contribution in [3.05, 3.63) is 28.5 Å². The summed E-state index contributed by atoms with van der Waals surface area (Å²) in [6, 6.07) is 4.43. The molecule has 1 saturated carbocycles. The molecule has 7 heteroatoms. The van der Waals surface area contributed by atoms with E-state index in [0.29, 0.717) is 11.1 Å². The van der Waals surface area contributed by atoms with Gasteiger partial charge in [0.15, 0.2) is 0 Å². The van der Waals surface area contributed by atoms with E-state index in [9.17, 15) is 9.18 Å². The summed E-state index contributed by atoms with van der Waals surface area (Å²) >= 11 is 3.28. The average Bonchev–Trinajstić information content (AvgIpc) is 2.50. The maximum Gasteiger partial charge on any atom is 0.245 e. The Morgan fingerprint density at radius 2 is 2.17 bits per heavy atom. The van der Waals surface area contributed by atoms with E-state index < -0.39 is 16.8 Å². The van der Waals surface area contributed by atoms with E-state index in [0.717, 1.165) is 12.8 Å². The molecule has 1 amide bonds. The van der Waals surface area contributed by atoms with Gasteiger partial charge in [-0.05, 0) is 31.0 Å². The number of amides is 1. The number of hydrogen-bond acceptors (Lipinski definition) is 3. The molecule has 0 aromatic heterocycles. The van der Waals surface area contributed by atoms with Gasteiger partial charge in [-0.3, -0.25) is 4.79 Å². The van der Waals surface area contributed by atoms with Crippen molar-refractivity contribution >= 4 is 39.9 Å². The zero-order valence-electron chi connectivity index (χ0n) is 13.1. The zero-order chi connectivity index (χ0) is 16.1. The van der Waals surface area contributed by atoms with Crippen molar-refractivity contribution in [2.45, 2.75) is 38.3 Å². The molecule has 2 aliphatic rings. The third-order valence-electron chi connectivity index (χ3n) is 5.24. The Kier molecular flexibility index (Phi) is 5.12. The monoisotopic (exact) mass is 406 g/mol. The van der Waals surface area contributed by atoms with Crippen LogP contribution < -0.4 is 11.1 Å². The summed E-state index contributed by atoms with van der Waals surface area (Å²) in [6.45, 7) is 4.59. The van der Waals surface area contributed by atoms with Crippen LogP contribution in [-0.2, 0) is 9.53 Å². The minimum atomic E-state index is -1.05. The van der Waals surface area contributed by atoms with Crippen molar-refractivity contribution in [1.82, 2.24) is 0 Å². The van der Waals surface area contributed by atoms with Crippen molar-refractivity contribution in [1.29, 1.82) is 0 Å². The SMILES string of the molecule is CC1(C)C2OCCCC2C1(N)C(=O)Nc1cc(Br)ccc1F.Cl. The summed E-state index contributed by atoms with van der Waals surface area (Å²) in [6.07, 6.45) is 1.75. The lowest BCUT2D eigenvalue weighted by atomic mass is 9.46. The number of hydrogen-bond donors (Lipinski definition) is 2. The highest BCUT2D eigenvalue weighted by Crippen LogP contribution is 2.57. The van der Waals surface area contributed by atoms with E-state index in [1.165, 1.54) is 12.1 Å². The Bertz CT molecular complexity index is 628. The van der Waals surface area contributed by atoms with Crippen molar-refractivity contribution in [3.8, 4) is 0 Å². The smallest absolute Gasteiger partial charge is 0.245 e. The van der Waals surface area contributed by atoms with Crippen LogP contribution in [0.2, 0.25) is 0 Å². The van der Waals surface area contributed by atoms with Crippen molar-refractivity contribution in [2.75, 3.05) is 11.9 Å². The number of ether oxygens (including phenoxy) is 1. The molecule has 4 nitrogen and oxygen atoms in total. The first-order valence-corrected chi connectivity index (χ1v) is 8.25. The van der Waals surface area contributed by atoms with E-state index in [1.54, 1.807) is 6.07 Å². The number of rotatable bonds is 2. The van der Waals surface area contributed by atoms with Gasteiger partial charge in [-0.15, -0.1) is 12.4 Å². The second-order valence-electron chi connectivity index (χ2n) is 6.71. The van der Waals surface area contributed by atoms with Gasteiger partial charge in [-0.25, -0.2) is 4.39 Å². The standard InChI is InChI=1S/C16H20BrFN2O2.ClH/c1-15(2)13-10(4-3-7-22-13)16(15,19)14(21)20-12-8-9(17)5-6-11(12)18;/h5-6,8,10,13H,3-4,7,19H2,1-2H3,(H,20,21);1H. The van der Waals surface area contributed by atoms with Crippen LogP contribution in [-0.4, -0.2) is 24.2 Å². The van der Waals surface area contributed by atoms with E-state index in [4.69, 9.17) is 10.5 Å². The summed E-state index contributed by atoms with van der Waals surface area (Å²) in [4.78, 5) is 12.8. The summed E-state index contributed by atoms with van der Waals surface area (Å²) < 4.78 is 20.4. The third kappa shape index (κ3) is 2.69. The summed E-state index contributed by atoms with van der Waals surface area (Å²) in [7, 11) is 0. The number of benzene rings is 1. The van der Waals surface area contributed by atoms with Gasteiger partial charge >= 0.3 is 0 Å². The number of nitrogens with two attached hydrogens (primary N) is 1. The van der Waals surface area contributed by atoms with Gasteiger partial charge in [0, 0.05) is 22.4 Å². The highest BCUT2D eigenvalue weighted by Gasteiger charge is 2.70. The molecule has 0 spiro atoms. The maximum absolute atomic E-state index is 13.9. The molecular weight excluding hydrogens is 387 g/mol. The highest BCUT2D eigenvalue weighted by atomic mass is 79.9. The van der Waals surface area contributed by atoms with Crippen molar-refractivity contribution in [2.24, 2.45) is 17.1 Å². The molecule has 3 N–H and O–H groups in total. The first-order valence-electron chi connectivity index (χ1n) is 7.45. The van der Waals surface area contributed by atoms with E-state index in [2.05, 4.69) is 21.2 Å². The molecule has 1 aromatic rings. The fraction of sp³-hybridized carbons (Fsp3) is 0.562. The van der Waals surface area contributed by atoms with E-state index >= 15 is 0 Å². The van der Waals surface area contributed by atoms with Gasteiger partial charge in [-0.2, -0.15) is 0 Å². The molecule has 3 unspecified atom stereocenters. The van der Waals surface area contributed by atoms with Crippen LogP contribution in [0, 0.1) is 17.2 Å². The Labute approximate surface area is 149 Å². The minimum absolute atomic E-state index is 0. The van der Waals surface area contributed by atoms with Crippen molar-refractivity contribution in [3.63, 3.8) is 0 Å². The van der Waals surface area contributed by atoms with Crippen LogP contribution in [0.5, 0.6) is 0 Å². The van der Waals surface area contributed by atoms with Gasteiger partial charge in [0.05, 0.1) is 11.8 Å². The lowest BCUT2D eigenvalue weighted by Gasteiger charge is -2.65. The van der Waals surface area contributed by atoms with Crippen LogP contribution in [0.15, 0.2) is 22.7 Å². The van der Waals surface area contributed by atoms with E-state index in [1.807, 2.05) is 13.8 Å². The van der Waals surface area contributed by atoms with Gasteiger partial charge in [0.25, 0.3) is 0 Å². The lowest BCUT2D eigenvalue weighted by Crippen LogP contribution is -2.81. The number of halogens is 3. The molecular formula is C16H21BrClFN2O2. The Hall–Kier alpha value is -0.690. The quantitative estimate of drug-likeness (QED) is 0.789. The molecule has 1 heterocycles. The van der Waals surface area contributed by atoms with Crippen LogP contribution in [0.25, 0.3) is 0 Å². The molecule has 128 valence electrons. The number of fused-ring (bicyclic) bond motifs is 1. The Morgan fingerprint density at radius 3 is 2.87 bits per heavy atom. The van der Waals surface area contributed by atoms with E-state index in [-0.39, 0.29) is 36.0 Å². The summed E-state index contributed by atoms with van der Waals surface area (Å²) in [5, 5.41) is 2.66. The van der Waals surface area contributed by atoms with Gasteiger partial charge in [0.2, 0.25) is 5.91 Å². The predicted octanol–water partition coefficient (Wildman–Crippen LogP) is 3.48. The van der Waals surface area contributed by atoms with Crippen LogP contribution >= 0.6 is 28.3 Å². The molecule has 23 heavy (non-hydrogen) atoms. The van der Waals surface area contributed by atoms with Crippen LogP contribution in [0.4, 0.5) is 10.1 Å². The van der Waals surface area contributed by atoms with Gasteiger partial charge in [-0.1, -0.05) is 29.8 Å². The second kappa shape index (κ2) is 6.31. The highest BCUT2D eigenvalue weighted by molar-refractivity contribution is 9.10. The average molecular weight is 408 g/mol. The minimum Gasteiger partial charge on any atom is -0.377 e. The largest absolute Gasteiger partial charge is 0.377 e. The molecule has 1 aliphatic heterocycles. The predicted molar refractivity (Wildman–Crippen MR) is 93.1 cm³/mol. The summed E-state index contributed by atoms with van der Waals surface area (Å²) in [5.74, 6) is -0.846. The molecule has 1 aromatic carbocycles. The normalized spacial score (nSPS) is 31.3. The number of nitrogens with one attached hydrogen (secondary N) is 1. The maximum atomic E-state index is 13.9. The fourth-order valence-corrected chi connectivity index (χ4v) is 4.22. The number of carbonyl (C=O) groups is 1. The van der Waals surface area contributed by atoms with Gasteiger partial charge in [0.1, 0.15) is 11.4 Å². The molecule has 2 fully saturated rings. The molecule has 3 rings (SSSR count). The zero-order valence-corrected chi connectivity index (χ0v) is 15.5.